The Morgan fingerprint density at radius 3 is 2.45 bits per heavy atom. The van der Waals surface area contributed by atoms with Crippen molar-refractivity contribution in [1.82, 2.24) is 15.1 Å². The van der Waals surface area contributed by atoms with Gasteiger partial charge in [-0.2, -0.15) is 0 Å². The molecule has 1 atom stereocenters. The Balaban J connectivity index is 1.33. The van der Waals surface area contributed by atoms with Gasteiger partial charge in [0.25, 0.3) is 5.91 Å². The summed E-state index contributed by atoms with van der Waals surface area (Å²) < 4.78 is 0.835. The lowest BCUT2D eigenvalue weighted by molar-refractivity contribution is -0.143. The quantitative estimate of drug-likeness (QED) is 0.210. The van der Waals surface area contributed by atoms with Crippen LogP contribution in [-0.2, 0) is 33.8 Å². The molecule has 1 saturated heterocycles. The molecular weight excluding hydrogens is 619 g/mol. The molecule has 1 spiro atoms. The molecule has 1 heterocycles. The molecule has 0 bridgehead atoms. The molecule has 1 aliphatic heterocycles. The number of urea groups is 1. The van der Waals surface area contributed by atoms with Gasteiger partial charge >= 0.3 is 6.03 Å². The standard InChI is InChI=1S/C31H33IN4O4/c1-30(2,12-13-32)28(39)36(18-20-8-9-21-6-4-5-7-22(21)14-20)19-26(37)33-25-11-10-23-16-31(17-24(23)15-25)27(38)34-29(40)35(31)3/h4-11,14-15H,12-13,16-19H2,1-3H3,(H,33,37)(H,34,38,40)/t31-/m0/s1. The Hall–Kier alpha value is -3.47. The monoisotopic (exact) mass is 652 g/mol. The van der Waals surface area contributed by atoms with Gasteiger partial charge in [0.15, 0.2) is 0 Å². The fourth-order valence-corrected chi connectivity index (χ4v) is 7.03. The minimum absolute atomic E-state index is 0.0664. The van der Waals surface area contributed by atoms with Crippen LogP contribution in [0.3, 0.4) is 0 Å². The van der Waals surface area contributed by atoms with Crippen molar-refractivity contribution in [2.24, 2.45) is 5.41 Å². The van der Waals surface area contributed by atoms with Crippen molar-refractivity contribution in [1.29, 1.82) is 0 Å². The molecule has 9 heteroatoms. The molecule has 5 amide bonds. The topological polar surface area (TPSA) is 98.8 Å². The number of carbonyl (C=O) groups is 4. The first-order valence-corrected chi connectivity index (χ1v) is 14.9. The van der Waals surface area contributed by atoms with Gasteiger partial charge < -0.3 is 15.1 Å². The number of imide groups is 1. The summed E-state index contributed by atoms with van der Waals surface area (Å²) in [5, 5.41) is 7.56. The average molecular weight is 653 g/mol. The second-order valence-electron chi connectivity index (χ2n) is 11.4. The lowest BCUT2D eigenvalue weighted by Gasteiger charge is -2.31. The number of alkyl halides is 1. The fourth-order valence-electron chi connectivity index (χ4n) is 5.68. The number of amides is 5. The van der Waals surface area contributed by atoms with Gasteiger partial charge in [0.1, 0.15) is 12.1 Å². The average Bonchev–Trinajstić information content (AvgIpc) is 3.40. The van der Waals surface area contributed by atoms with Crippen LogP contribution in [0, 0.1) is 5.41 Å². The first kappa shape index (κ1) is 28.1. The summed E-state index contributed by atoms with van der Waals surface area (Å²) >= 11 is 2.28. The van der Waals surface area contributed by atoms with Gasteiger partial charge in [-0.15, -0.1) is 0 Å². The van der Waals surface area contributed by atoms with Crippen LogP contribution in [0.25, 0.3) is 10.8 Å². The third kappa shape index (κ3) is 5.31. The number of hydrogen-bond donors (Lipinski definition) is 2. The molecule has 3 aromatic rings. The van der Waals surface area contributed by atoms with E-state index in [1.165, 1.54) is 4.90 Å². The second-order valence-corrected chi connectivity index (χ2v) is 12.5. The van der Waals surface area contributed by atoms with Crippen LogP contribution in [0.2, 0.25) is 0 Å². The second kappa shape index (κ2) is 10.8. The van der Waals surface area contributed by atoms with E-state index in [2.05, 4.69) is 39.3 Å². The van der Waals surface area contributed by atoms with Gasteiger partial charge in [-0.3, -0.25) is 19.7 Å². The molecule has 0 aromatic heterocycles. The number of fused-ring (bicyclic) bond motifs is 2. The van der Waals surface area contributed by atoms with Gasteiger partial charge in [-0.25, -0.2) is 4.79 Å². The molecule has 2 N–H and O–H groups in total. The highest BCUT2D eigenvalue weighted by Gasteiger charge is 2.54. The van der Waals surface area contributed by atoms with Gasteiger partial charge in [0.05, 0.1) is 0 Å². The molecule has 1 fully saturated rings. The van der Waals surface area contributed by atoms with E-state index in [0.717, 1.165) is 31.9 Å². The third-order valence-corrected chi connectivity index (χ3v) is 8.69. The Morgan fingerprint density at radius 1 is 1.02 bits per heavy atom. The summed E-state index contributed by atoms with van der Waals surface area (Å²) in [6.07, 6.45) is 1.53. The number of hydrogen-bond acceptors (Lipinski definition) is 4. The van der Waals surface area contributed by atoms with E-state index in [9.17, 15) is 19.2 Å². The minimum Gasteiger partial charge on any atom is -0.329 e. The van der Waals surface area contributed by atoms with E-state index in [4.69, 9.17) is 0 Å². The van der Waals surface area contributed by atoms with Crippen LogP contribution in [0.5, 0.6) is 0 Å². The maximum absolute atomic E-state index is 13.7. The lowest BCUT2D eigenvalue weighted by Crippen LogP contribution is -2.48. The van der Waals surface area contributed by atoms with E-state index in [1.54, 1.807) is 18.0 Å². The molecule has 0 radical (unpaired) electrons. The van der Waals surface area contributed by atoms with Gasteiger partial charge in [0, 0.05) is 42.0 Å². The fraction of sp³-hybridized carbons (Fsp3) is 0.355. The van der Waals surface area contributed by atoms with Crippen molar-refractivity contribution in [2.75, 3.05) is 23.3 Å². The van der Waals surface area contributed by atoms with Crippen molar-refractivity contribution in [3.05, 3.63) is 77.4 Å². The van der Waals surface area contributed by atoms with E-state index in [0.29, 0.717) is 31.5 Å². The zero-order chi connectivity index (χ0) is 28.7. The predicted octanol–water partition coefficient (Wildman–Crippen LogP) is 4.68. The van der Waals surface area contributed by atoms with E-state index in [-0.39, 0.29) is 24.3 Å². The number of anilines is 1. The highest BCUT2D eigenvalue weighted by Crippen LogP contribution is 2.38. The molecule has 40 heavy (non-hydrogen) atoms. The maximum Gasteiger partial charge on any atom is 0.324 e. The molecule has 208 valence electrons. The number of likely N-dealkylation sites (N-methyl/N-ethyl adjacent to an activating group) is 1. The largest absolute Gasteiger partial charge is 0.329 e. The number of rotatable bonds is 8. The van der Waals surface area contributed by atoms with Gasteiger partial charge in [-0.05, 0) is 52.1 Å². The van der Waals surface area contributed by atoms with Crippen molar-refractivity contribution in [3.63, 3.8) is 0 Å². The van der Waals surface area contributed by atoms with Crippen molar-refractivity contribution in [2.45, 2.75) is 45.2 Å². The Kier molecular flexibility index (Phi) is 7.60. The maximum atomic E-state index is 13.7. The number of nitrogens with zero attached hydrogens (tertiary/aromatic N) is 2. The highest BCUT2D eigenvalue weighted by atomic mass is 127. The molecular formula is C31H33IN4O4. The van der Waals surface area contributed by atoms with Gasteiger partial charge in [0.2, 0.25) is 11.8 Å². The van der Waals surface area contributed by atoms with E-state index >= 15 is 0 Å². The molecule has 3 aromatic carbocycles. The first-order valence-electron chi connectivity index (χ1n) is 13.4. The summed E-state index contributed by atoms with van der Waals surface area (Å²) in [7, 11) is 1.63. The van der Waals surface area contributed by atoms with Crippen LogP contribution < -0.4 is 10.6 Å². The van der Waals surface area contributed by atoms with E-state index in [1.807, 2.05) is 62.4 Å². The predicted molar refractivity (Wildman–Crippen MR) is 163 cm³/mol. The van der Waals surface area contributed by atoms with Crippen molar-refractivity contribution >= 4 is 62.8 Å². The first-order chi connectivity index (χ1) is 19.0. The normalized spacial score (nSPS) is 18.2. The van der Waals surface area contributed by atoms with Gasteiger partial charge in [-0.1, -0.05) is 78.9 Å². The smallest absolute Gasteiger partial charge is 0.324 e. The minimum atomic E-state index is -0.921. The summed E-state index contributed by atoms with van der Waals surface area (Å²) in [4.78, 5) is 54.7. The molecule has 0 unspecified atom stereocenters. The number of nitrogens with one attached hydrogen (secondary N) is 2. The number of carbonyl (C=O) groups excluding carboxylic acids is 4. The molecule has 0 saturated carbocycles. The molecule has 1 aliphatic carbocycles. The summed E-state index contributed by atoms with van der Waals surface area (Å²) in [6.45, 7) is 4.09. The van der Waals surface area contributed by atoms with Crippen LogP contribution in [0.4, 0.5) is 10.5 Å². The molecule has 5 rings (SSSR count). The lowest BCUT2D eigenvalue weighted by atomic mass is 9.88. The van der Waals surface area contributed by atoms with E-state index < -0.39 is 17.0 Å². The summed E-state index contributed by atoms with van der Waals surface area (Å²) in [5.74, 6) is -0.653. The zero-order valence-corrected chi connectivity index (χ0v) is 25.1. The third-order valence-electron chi connectivity index (χ3n) is 8.15. The summed E-state index contributed by atoms with van der Waals surface area (Å²) in [6, 6.07) is 19.3. The highest BCUT2D eigenvalue weighted by molar-refractivity contribution is 14.1. The van der Waals surface area contributed by atoms with Crippen LogP contribution >= 0.6 is 22.6 Å². The summed E-state index contributed by atoms with van der Waals surface area (Å²) in [5.41, 5.74) is 1.92. The molecule has 8 nitrogen and oxygen atoms in total. The Labute approximate surface area is 247 Å². The zero-order valence-electron chi connectivity index (χ0n) is 22.9. The Morgan fingerprint density at radius 2 is 1.75 bits per heavy atom. The number of benzene rings is 3. The van der Waals surface area contributed by atoms with Crippen LogP contribution in [0.15, 0.2) is 60.7 Å². The number of halogens is 1. The van der Waals surface area contributed by atoms with Crippen LogP contribution in [-0.4, -0.2) is 57.1 Å². The van der Waals surface area contributed by atoms with Crippen LogP contribution in [0.1, 0.15) is 37.0 Å². The Bertz CT molecular complexity index is 1520. The van der Waals surface area contributed by atoms with Crippen molar-refractivity contribution < 1.29 is 19.2 Å². The SMILES string of the molecule is CN1C(=O)NC(=O)[C@@]12Cc1ccc(NC(=O)CN(Cc3ccc4ccccc4c3)C(=O)C(C)(C)CCI)cc1C2. The van der Waals surface area contributed by atoms with Crippen molar-refractivity contribution in [3.8, 4) is 0 Å². The molecule has 2 aliphatic rings.